The quantitative estimate of drug-likeness (QED) is 0.896. The fourth-order valence-corrected chi connectivity index (χ4v) is 3.97. The monoisotopic (exact) mass is 294 g/mol. The highest BCUT2D eigenvalue weighted by molar-refractivity contribution is 7.15. The number of nitrogens with zero attached hydrogens (tertiary/aromatic N) is 1. The summed E-state index contributed by atoms with van der Waals surface area (Å²) < 4.78 is 0. The number of carboxylic acid groups (broad SMARTS) is 1. The van der Waals surface area contributed by atoms with E-state index in [-0.39, 0.29) is 17.7 Å². The molecule has 0 saturated heterocycles. The highest BCUT2D eigenvalue weighted by Gasteiger charge is 2.32. The summed E-state index contributed by atoms with van der Waals surface area (Å²) in [6.45, 7) is 2.15. The van der Waals surface area contributed by atoms with Crippen LogP contribution in [0.25, 0.3) is 0 Å². The lowest BCUT2D eigenvalue weighted by Gasteiger charge is -2.30. The Kier molecular flexibility index (Phi) is 3.50. The Morgan fingerprint density at radius 3 is 2.75 bits per heavy atom. The number of aromatic nitrogens is 1. The topological polar surface area (TPSA) is 79.3 Å². The molecule has 1 saturated carbocycles. The Morgan fingerprint density at radius 2 is 2.10 bits per heavy atom. The smallest absolute Gasteiger partial charge is 0.306 e. The van der Waals surface area contributed by atoms with Crippen molar-refractivity contribution in [2.75, 3.05) is 5.32 Å². The van der Waals surface area contributed by atoms with E-state index in [9.17, 15) is 9.59 Å². The lowest BCUT2D eigenvalue weighted by Crippen LogP contribution is -2.33. The zero-order valence-electron chi connectivity index (χ0n) is 11.4. The summed E-state index contributed by atoms with van der Waals surface area (Å²) in [5.74, 6) is -0.258. The number of carboxylic acids is 1. The van der Waals surface area contributed by atoms with E-state index in [0.717, 1.165) is 29.8 Å². The molecule has 1 aromatic rings. The van der Waals surface area contributed by atoms with Gasteiger partial charge in [0.25, 0.3) is 0 Å². The Labute approximate surface area is 121 Å². The molecule has 0 aliphatic heterocycles. The molecule has 0 bridgehead atoms. The van der Waals surface area contributed by atoms with Crippen molar-refractivity contribution >= 4 is 28.3 Å². The molecule has 1 aromatic heterocycles. The molecule has 1 fully saturated rings. The number of amides is 1. The zero-order chi connectivity index (χ0) is 14.3. The molecule has 0 aromatic carbocycles. The fraction of sp³-hybridized carbons (Fsp3) is 0.643. The number of hydrogen-bond donors (Lipinski definition) is 2. The summed E-state index contributed by atoms with van der Waals surface area (Å²) in [5.41, 5.74) is 0.853. The summed E-state index contributed by atoms with van der Waals surface area (Å²) in [6, 6.07) is 0. The number of rotatable bonds is 3. The van der Waals surface area contributed by atoms with E-state index in [1.54, 1.807) is 0 Å². The first-order valence-corrected chi connectivity index (χ1v) is 7.87. The zero-order valence-corrected chi connectivity index (χ0v) is 12.2. The highest BCUT2D eigenvalue weighted by Crippen LogP contribution is 2.36. The normalized spacial score (nSPS) is 28.4. The van der Waals surface area contributed by atoms with E-state index in [1.165, 1.54) is 11.3 Å². The van der Waals surface area contributed by atoms with Crippen LogP contribution in [-0.4, -0.2) is 22.0 Å². The predicted molar refractivity (Wildman–Crippen MR) is 75.8 cm³/mol. The Balaban J connectivity index is 1.65. The lowest BCUT2D eigenvalue weighted by atomic mass is 9.76. The second-order valence-corrected chi connectivity index (χ2v) is 7.01. The Hall–Kier alpha value is -1.43. The predicted octanol–water partition coefficient (Wildman–Crippen LogP) is 2.32. The Morgan fingerprint density at radius 1 is 1.35 bits per heavy atom. The molecule has 1 heterocycles. The van der Waals surface area contributed by atoms with E-state index < -0.39 is 5.97 Å². The van der Waals surface area contributed by atoms with Gasteiger partial charge in [0.05, 0.1) is 11.6 Å². The number of aliphatic carboxylic acids is 1. The van der Waals surface area contributed by atoms with E-state index in [0.29, 0.717) is 23.9 Å². The standard InChI is InChI=1S/C14H18N2O3S/c1-7-4-9(5-7)12(17)16-14-15-10-6-8(13(18)19)2-3-11(10)20-14/h7-9H,2-6H2,1H3,(H,18,19)(H,15,16,17). The minimum atomic E-state index is -0.752. The lowest BCUT2D eigenvalue weighted by molar-refractivity contribution is -0.142. The fourth-order valence-electron chi connectivity index (χ4n) is 2.97. The summed E-state index contributed by atoms with van der Waals surface area (Å²) in [7, 11) is 0. The maximum absolute atomic E-state index is 12.0. The van der Waals surface area contributed by atoms with Crippen molar-refractivity contribution in [3.63, 3.8) is 0 Å². The molecular weight excluding hydrogens is 276 g/mol. The molecule has 6 heteroatoms. The van der Waals surface area contributed by atoms with Crippen LogP contribution in [0.5, 0.6) is 0 Å². The third-order valence-electron chi connectivity index (χ3n) is 4.26. The molecule has 2 N–H and O–H groups in total. The van der Waals surface area contributed by atoms with E-state index in [2.05, 4.69) is 17.2 Å². The first-order valence-electron chi connectivity index (χ1n) is 7.05. The highest BCUT2D eigenvalue weighted by atomic mass is 32.1. The summed E-state index contributed by atoms with van der Waals surface area (Å²) in [6.07, 6.45) is 3.81. The molecule has 3 rings (SSSR count). The minimum absolute atomic E-state index is 0.0592. The van der Waals surface area contributed by atoms with Crippen molar-refractivity contribution in [2.24, 2.45) is 17.8 Å². The average Bonchev–Trinajstić information content (AvgIpc) is 2.75. The van der Waals surface area contributed by atoms with Crippen LogP contribution < -0.4 is 5.32 Å². The van der Waals surface area contributed by atoms with Gasteiger partial charge in [0.2, 0.25) is 5.91 Å². The first kappa shape index (κ1) is 13.5. The van der Waals surface area contributed by atoms with Crippen molar-refractivity contribution in [1.82, 2.24) is 4.98 Å². The number of thiazole rings is 1. The van der Waals surface area contributed by atoms with E-state index in [1.807, 2.05) is 0 Å². The average molecular weight is 294 g/mol. The molecule has 2 aliphatic rings. The Bertz CT molecular complexity index is 549. The number of anilines is 1. The van der Waals surface area contributed by atoms with Gasteiger partial charge >= 0.3 is 5.97 Å². The number of aryl methyl sites for hydroxylation is 1. The van der Waals surface area contributed by atoms with Gasteiger partial charge in [-0.15, -0.1) is 11.3 Å². The van der Waals surface area contributed by atoms with Gasteiger partial charge in [0.1, 0.15) is 0 Å². The van der Waals surface area contributed by atoms with Crippen molar-refractivity contribution in [3.05, 3.63) is 10.6 Å². The van der Waals surface area contributed by atoms with Crippen LogP contribution in [0.4, 0.5) is 5.13 Å². The van der Waals surface area contributed by atoms with Crippen LogP contribution in [-0.2, 0) is 22.4 Å². The van der Waals surface area contributed by atoms with Gasteiger partial charge in [-0.2, -0.15) is 0 Å². The second kappa shape index (κ2) is 5.16. The SMILES string of the molecule is CC1CC(C(=O)Nc2nc3c(s2)CCC(C(=O)O)C3)C1. The van der Waals surface area contributed by atoms with Gasteiger partial charge in [0, 0.05) is 17.2 Å². The maximum atomic E-state index is 12.0. The van der Waals surface area contributed by atoms with Crippen molar-refractivity contribution in [3.8, 4) is 0 Å². The molecule has 1 atom stereocenters. The van der Waals surface area contributed by atoms with Crippen LogP contribution in [0.1, 0.15) is 36.8 Å². The summed E-state index contributed by atoms with van der Waals surface area (Å²) in [4.78, 5) is 28.5. The second-order valence-electron chi connectivity index (χ2n) is 5.93. The molecule has 20 heavy (non-hydrogen) atoms. The molecule has 0 spiro atoms. The van der Waals surface area contributed by atoms with Gasteiger partial charge in [-0.25, -0.2) is 4.98 Å². The largest absolute Gasteiger partial charge is 0.481 e. The first-order chi connectivity index (χ1) is 9.52. The summed E-state index contributed by atoms with van der Waals surface area (Å²) in [5, 5.41) is 12.6. The summed E-state index contributed by atoms with van der Waals surface area (Å²) >= 11 is 1.49. The van der Waals surface area contributed by atoms with Crippen molar-refractivity contribution in [2.45, 2.75) is 39.0 Å². The number of nitrogens with one attached hydrogen (secondary N) is 1. The van der Waals surface area contributed by atoms with Crippen LogP contribution in [0.15, 0.2) is 0 Å². The van der Waals surface area contributed by atoms with Gasteiger partial charge in [-0.1, -0.05) is 6.92 Å². The molecular formula is C14H18N2O3S. The molecule has 2 aliphatic carbocycles. The van der Waals surface area contributed by atoms with E-state index in [4.69, 9.17) is 5.11 Å². The van der Waals surface area contributed by atoms with Crippen LogP contribution in [0.3, 0.4) is 0 Å². The molecule has 0 radical (unpaired) electrons. The van der Waals surface area contributed by atoms with Crippen LogP contribution >= 0.6 is 11.3 Å². The molecule has 108 valence electrons. The van der Waals surface area contributed by atoms with Crippen molar-refractivity contribution in [1.29, 1.82) is 0 Å². The van der Waals surface area contributed by atoms with Gasteiger partial charge < -0.3 is 10.4 Å². The van der Waals surface area contributed by atoms with E-state index >= 15 is 0 Å². The number of hydrogen-bond acceptors (Lipinski definition) is 4. The van der Waals surface area contributed by atoms with Gasteiger partial charge in [0.15, 0.2) is 5.13 Å². The number of carbonyl (C=O) groups is 2. The number of fused-ring (bicyclic) bond motifs is 1. The van der Waals surface area contributed by atoms with Gasteiger partial charge in [-0.05, 0) is 31.6 Å². The van der Waals surface area contributed by atoms with Crippen LogP contribution in [0, 0.1) is 17.8 Å². The third-order valence-corrected chi connectivity index (χ3v) is 5.33. The minimum Gasteiger partial charge on any atom is -0.481 e. The molecule has 1 amide bonds. The number of carbonyl (C=O) groups excluding carboxylic acids is 1. The molecule has 5 nitrogen and oxygen atoms in total. The third kappa shape index (κ3) is 2.57. The van der Waals surface area contributed by atoms with Gasteiger partial charge in [-0.3, -0.25) is 9.59 Å². The van der Waals surface area contributed by atoms with Crippen molar-refractivity contribution < 1.29 is 14.7 Å². The molecule has 1 unspecified atom stereocenters. The maximum Gasteiger partial charge on any atom is 0.306 e. The van der Waals surface area contributed by atoms with Crippen LogP contribution in [0.2, 0.25) is 0 Å².